The van der Waals surface area contributed by atoms with E-state index in [1.54, 1.807) is 0 Å². The Balaban J connectivity index is 2.73. The number of ether oxygens (including phenoxy) is 1. The van der Waals surface area contributed by atoms with Crippen LogP contribution in [0.4, 0.5) is 10.1 Å². The predicted molar refractivity (Wildman–Crippen MR) is 56.6 cm³/mol. The Morgan fingerprint density at radius 2 is 2.31 bits per heavy atom. The highest BCUT2D eigenvalue weighted by molar-refractivity contribution is 5.46. The maximum Gasteiger partial charge on any atom is 0.311 e. The quantitative estimate of drug-likeness (QED) is 0.333. The van der Waals surface area contributed by atoms with Gasteiger partial charge in [0, 0.05) is 18.6 Å². The molecule has 4 nitrogen and oxygen atoms in total. The van der Waals surface area contributed by atoms with E-state index in [0.717, 1.165) is 18.2 Å². The molecule has 0 saturated heterocycles. The number of nitrogens with zero attached hydrogens (tertiary/aromatic N) is 1. The summed E-state index contributed by atoms with van der Waals surface area (Å²) >= 11 is 0. The summed E-state index contributed by atoms with van der Waals surface area (Å²) in [6.07, 6.45) is 6.13. The molecule has 0 aliphatic rings. The van der Waals surface area contributed by atoms with Crippen molar-refractivity contribution < 1.29 is 14.1 Å². The molecule has 16 heavy (non-hydrogen) atoms. The van der Waals surface area contributed by atoms with Crippen molar-refractivity contribution in [3.8, 4) is 18.1 Å². The van der Waals surface area contributed by atoms with Crippen molar-refractivity contribution in [1.29, 1.82) is 0 Å². The lowest BCUT2D eigenvalue weighted by Crippen LogP contribution is -2.00. The first kappa shape index (κ1) is 12.0. The maximum absolute atomic E-state index is 12.9. The summed E-state index contributed by atoms with van der Waals surface area (Å²) < 4.78 is 18.0. The van der Waals surface area contributed by atoms with Gasteiger partial charge in [0.05, 0.1) is 11.5 Å². The van der Waals surface area contributed by atoms with Crippen LogP contribution in [-0.4, -0.2) is 11.5 Å². The Hall–Kier alpha value is -2.09. The summed E-state index contributed by atoms with van der Waals surface area (Å²) in [5.74, 6) is 1.78. The van der Waals surface area contributed by atoms with Crippen LogP contribution in [0.1, 0.15) is 12.8 Å². The smallest absolute Gasteiger partial charge is 0.311 e. The lowest BCUT2D eigenvalue weighted by Gasteiger charge is -2.05. The molecule has 0 aliphatic carbocycles. The number of nitro groups is 1. The third-order valence-corrected chi connectivity index (χ3v) is 1.84. The molecule has 0 aliphatic heterocycles. The minimum absolute atomic E-state index is 0.0676. The Morgan fingerprint density at radius 3 is 2.94 bits per heavy atom. The average molecular weight is 223 g/mol. The maximum atomic E-state index is 12.9. The van der Waals surface area contributed by atoms with Crippen LogP contribution in [0.3, 0.4) is 0 Å². The highest BCUT2D eigenvalue weighted by Crippen LogP contribution is 2.27. The van der Waals surface area contributed by atoms with Gasteiger partial charge in [0.25, 0.3) is 0 Å². The van der Waals surface area contributed by atoms with Crippen LogP contribution in [0, 0.1) is 28.3 Å². The van der Waals surface area contributed by atoms with Crippen molar-refractivity contribution in [3.63, 3.8) is 0 Å². The summed E-state index contributed by atoms with van der Waals surface area (Å²) in [7, 11) is 0. The minimum atomic E-state index is -0.615. The van der Waals surface area contributed by atoms with Crippen LogP contribution in [-0.2, 0) is 0 Å². The summed E-state index contributed by atoms with van der Waals surface area (Å²) in [5, 5.41) is 10.6. The fraction of sp³-hybridized carbons (Fsp3) is 0.273. The second-order valence-electron chi connectivity index (χ2n) is 3.03. The van der Waals surface area contributed by atoms with E-state index < -0.39 is 10.7 Å². The van der Waals surface area contributed by atoms with Gasteiger partial charge in [0.15, 0.2) is 5.75 Å². The van der Waals surface area contributed by atoms with Crippen LogP contribution in [0.2, 0.25) is 0 Å². The molecule has 84 valence electrons. The first-order valence-electron chi connectivity index (χ1n) is 4.65. The molecule has 0 fully saturated rings. The van der Waals surface area contributed by atoms with Gasteiger partial charge in [-0.1, -0.05) is 0 Å². The van der Waals surface area contributed by atoms with Crippen molar-refractivity contribution in [2.45, 2.75) is 12.8 Å². The van der Waals surface area contributed by atoms with Crippen LogP contribution in [0.15, 0.2) is 18.2 Å². The number of nitro benzene ring substituents is 1. The molecule has 1 aromatic carbocycles. The van der Waals surface area contributed by atoms with Crippen LogP contribution >= 0.6 is 0 Å². The molecular weight excluding hydrogens is 213 g/mol. The summed E-state index contributed by atoms with van der Waals surface area (Å²) in [6, 6.07) is 3.09. The summed E-state index contributed by atoms with van der Waals surface area (Å²) in [4.78, 5) is 9.98. The van der Waals surface area contributed by atoms with Crippen molar-refractivity contribution in [1.82, 2.24) is 0 Å². The van der Waals surface area contributed by atoms with Crippen LogP contribution in [0.25, 0.3) is 0 Å². The van der Waals surface area contributed by atoms with Crippen LogP contribution < -0.4 is 4.74 Å². The zero-order chi connectivity index (χ0) is 12.0. The number of rotatable bonds is 5. The van der Waals surface area contributed by atoms with Crippen molar-refractivity contribution in [2.75, 3.05) is 6.61 Å². The predicted octanol–water partition coefficient (Wildman–Crippen LogP) is 2.53. The summed E-state index contributed by atoms with van der Waals surface area (Å²) in [6.45, 7) is 0.231. The molecule has 0 saturated carbocycles. The van der Waals surface area contributed by atoms with E-state index in [2.05, 4.69) is 5.92 Å². The molecule has 0 heterocycles. The van der Waals surface area contributed by atoms with E-state index in [-0.39, 0.29) is 18.0 Å². The summed E-state index contributed by atoms with van der Waals surface area (Å²) in [5.41, 5.74) is -0.248. The lowest BCUT2D eigenvalue weighted by atomic mass is 10.3. The van der Waals surface area contributed by atoms with Crippen molar-refractivity contribution in [2.24, 2.45) is 0 Å². The molecule has 0 atom stereocenters. The van der Waals surface area contributed by atoms with Gasteiger partial charge in [-0.25, -0.2) is 4.39 Å². The number of hydrogen-bond acceptors (Lipinski definition) is 3. The van der Waals surface area contributed by atoms with Crippen LogP contribution in [0.5, 0.6) is 5.75 Å². The van der Waals surface area contributed by atoms with Crippen molar-refractivity contribution >= 4 is 5.69 Å². The molecule has 0 aromatic heterocycles. The monoisotopic (exact) mass is 223 g/mol. The molecule has 1 aromatic rings. The number of benzene rings is 1. The molecule has 0 N–H and O–H groups in total. The number of unbranched alkanes of at least 4 members (excludes halogenated alkanes) is 1. The Labute approximate surface area is 92.2 Å². The van der Waals surface area contributed by atoms with Gasteiger partial charge in [-0.15, -0.1) is 12.3 Å². The van der Waals surface area contributed by atoms with E-state index in [9.17, 15) is 14.5 Å². The fourth-order valence-corrected chi connectivity index (χ4v) is 1.11. The molecule has 1 rings (SSSR count). The topological polar surface area (TPSA) is 52.4 Å². The van der Waals surface area contributed by atoms with Gasteiger partial charge >= 0.3 is 5.69 Å². The molecule has 0 spiro atoms. The van der Waals surface area contributed by atoms with Gasteiger partial charge in [0.1, 0.15) is 5.82 Å². The largest absolute Gasteiger partial charge is 0.487 e. The zero-order valence-electron chi connectivity index (χ0n) is 8.48. The second-order valence-corrected chi connectivity index (χ2v) is 3.03. The normalized spacial score (nSPS) is 9.50. The number of hydrogen-bond donors (Lipinski definition) is 0. The highest BCUT2D eigenvalue weighted by atomic mass is 19.1. The third kappa shape index (κ3) is 3.24. The zero-order valence-corrected chi connectivity index (χ0v) is 8.48. The standard InChI is InChI=1S/C11H10FNO3/c1-2-3-4-7-16-11-8-9(12)5-6-10(11)13(14)15/h1,5-6,8H,3-4,7H2. The third-order valence-electron chi connectivity index (χ3n) is 1.84. The molecular formula is C11H10FNO3. The van der Waals surface area contributed by atoms with Gasteiger partial charge in [-0.05, 0) is 12.5 Å². The van der Waals surface area contributed by atoms with Gasteiger partial charge in [-0.3, -0.25) is 10.1 Å². The highest BCUT2D eigenvalue weighted by Gasteiger charge is 2.15. The van der Waals surface area contributed by atoms with E-state index in [0.29, 0.717) is 12.8 Å². The molecule has 0 unspecified atom stereocenters. The van der Waals surface area contributed by atoms with E-state index in [4.69, 9.17) is 11.2 Å². The average Bonchev–Trinajstić information content (AvgIpc) is 2.24. The molecule has 0 amide bonds. The number of halogens is 1. The van der Waals surface area contributed by atoms with Gasteiger partial charge < -0.3 is 4.74 Å². The van der Waals surface area contributed by atoms with E-state index >= 15 is 0 Å². The molecule has 0 bridgehead atoms. The SMILES string of the molecule is C#CCCCOc1cc(F)ccc1[N+](=O)[O-]. The molecule has 5 heteroatoms. The number of terminal acetylenes is 1. The van der Waals surface area contributed by atoms with Gasteiger partial charge in [0.2, 0.25) is 0 Å². The Morgan fingerprint density at radius 1 is 1.56 bits per heavy atom. The van der Waals surface area contributed by atoms with Gasteiger partial charge in [-0.2, -0.15) is 0 Å². The first-order valence-corrected chi connectivity index (χ1v) is 4.65. The second kappa shape index (κ2) is 5.71. The van der Waals surface area contributed by atoms with E-state index in [1.807, 2.05) is 0 Å². The fourth-order valence-electron chi connectivity index (χ4n) is 1.11. The first-order chi connectivity index (χ1) is 7.65. The van der Waals surface area contributed by atoms with E-state index in [1.165, 1.54) is 0 Å². The molecule has 0 radical (unpaired) electrons. The lowest BCUT2D eigenvalue weighted by molar-refractivity contribution is -0.385. The Kier molecular flexibility index (Phi) is 4.28. The minimum Gasteiger partial charge on any atom is -0.487 e. The Bertz CT molecular complexity index is 426. The van der Waals surface area contributed by atoms with Crippen molar-refractivity contribution in [3.05, 3.63) is 34.1 Å².